The van der Waals surface area contributed by atoms with Crippen LogP contribution in [0, 0.1) is 5.92 Å². The molecule has 1 unspecified atom stereocenters. The van der Waals surface area contributed by atoms with Crippen LogP contribution in [0.2, 0.25) is 0 Å². The van der Waals surface area contributed by atoms with E-state index >= 15 is 0 Å². The number of hydrogen-bond acceptors (Lipinski definition) is 3. The van der Waals surface area contributed by atoms with Crippen LogP contribution in [0.4, 0.5) is 0 Å². The maximum absolute atomic E-state index is 4.97. The number of nitrogens with zero attached hydrogens (tertiary/aromatic N) is 1. The summed E-state index contributed by atoms with van der Waals surface area (Å²) in [6.45, 7) is 12.4. The van der Waals surface area contributed by atoms with Gasteiger partial charge in [0.05, 0.1) is 11.2 Å². The van der Waals surface area contributed by atoms with Crippen molar-refractivity contribution in [2.24, 2.45) is 5.92 Å². The summed E-state index contributed by atoms with van der Waals surface area (Å²) in [4.78, 5) is 4.97. The average molecular weight is 295 g/mol. The lowest BCUT2D eigenvalue weighted by Crippen LogP contribution is -2.42. The first-order chi connectivity index (χ1) is 9.35. The van der Waals surface area contributed by atoms with E-state index < -0.39 is 0 Å². The Kier molecular flexibility index (Phi) is 4.91. The second-order valence-corrected chi connectivity index (χ2v) is 8.41. The highest BCUT2D eigenvalue weighted by Gasteiger charge is 2.35. The highest BCUT2D eigenvalue weighted by molar-refractivity contribution is 7.09. The van der Waals surface area contributed by atoms with E-state index in [1.165, 1.54) is 42.8 Å². The molecule has 1 saturated carbocycles. The second-order valence-electron chi connectivity index (χ2n) is 7.55. The molecule has 2 nitrogen and oxygen atoms in total. The molecule has 0 radical (unpaired) electrons. The van der Waals surface area contributed by atoms with Crippen molar-refractivity contribution in [1.82, 2.24) is 10.3 Å². The fourth-order valence-corrected chi connectivity index (χ4v) is 3.98. The second kappa shape index (κ2) is 6.15. The standard InChI is InChI=1S/C17H30N2S/c1-6-10-18-17(5,11-13-8-7-9-13)15-19-14(12-20-15)16(2,3)4/h12-13,18H,6-11H2,1-5H3. The van der Waals surface area contributed by atoms with Gasteiger partial charge in [0.1, 0.15) is 5.01 Å². The van der Waals surface area contributed by atoms with E-state index in [2.05, 4.69) is 45.3 Å². The topological polar surface area (TPSA) is 24.9 Å². The third kappa shape index (κ3) is 3.62. The Morgan fingerprint density at radius 2 is 2.00 bits per heavy atom. The van der Waals surface area contributed by atoms with Crippen LogP contribution in [0.25, 0.3) is 0 Å². The molecule has 0 saturated heterocycles. The Bertz CT molecular complexity index is 428. The Balaban J connectivity index is 2.18. The van der Waals surface area contributed by atoms with E-state index in [0.29, 0.717) is 0 Å². The average Bonchev–Trinajstić information content (AvgIpc) is 2.81. The number of hydrogen-bond donors (Lipinski definition) is 1. The van der Waals surface area contributed by atoms with Crippen LogP contribution in [0.15, 0.2) is 5.38 Å². The summed E-state index contributed by atoms with van der Waals surface area (Å²) in [6.07, 6.45) is 6.64. The van der Waals surface area contributed by atoms with Crippen molar-refractivity contribution in [3.8, 4) is 0 Å². The summed E-state index contributed by atoms with van der Waals surface area (Å²) >= 11 is 1.84. The lowest BCUT2D eigenvalue weighted by Gasteiger charge is -2.36. The van der Waals surface area contributed by atoms with Gasteiger partial charge in [-0.3, -0.25) is 0 Å². The molecule has 0 spiro atoms. The van der Waals surface area contributed by atoms with E-state index in [0.717, 1.165) is 12.5 Å². The molecule has 1 aromatic rings. The van der Waals surface area contributed by atoms with E-state index in [4.69, 9.17) is 4.98 Å². The zero-order valence-electron chi connectivity index (χ0n) is 13.8. The Labute approximate surface area is 128 Å². The SMILES string of the molecule is CCCNC(C)(CC1CCC1)c1nc(C(C)(C)C)cs1. The number of rotatable bonds is 6. The van der Waals surface area contributed by atoms with Gasteiger partial charge >= 0.3 is 0 Å². The lowest BCUT2D eigenvalue weighted by molar-refractivity contribution is 0.203. The zero-order chi connectivity index (χ0) is 14.8. The Morgan fingerprint density at radius 1 is 1.30 bits per heavy atom. The monoisotopic (exact) mass is 294 g/mol. The first-order valence-electron chi connectivity index (χ1n) is 8.06. The van der Waals surface area contributed by atoms with Crippen LogP contribution in [0.5, 0.6) is 0 Å². The summed E-state index contributed by atoms with van der Waals surface area (Å²) in [5.74, 6) is 0.895. The zero-order valence-corrected chi connectivity index (χ0v) is 14.6. The molecule has 114 valence electrons. The first-order valence-corrected chi connectivity index (χ1v) is 8.94. The normalized spacial score (nSPS) is 19.6. The highest BCUT2D eigenvalue weighted by Crippen LogP contribution is 2.39. The van der Waals surface area contributed by atoms with Crippen LogP contribution >= 0.6 is 11.3 Å². The third-order valence-electron chi connectivity index (χ3n) is 4.43. The molecule has 2 rings (SSSR count). The maximum atomic E-state index is 4.97. The molecule has 0 bridgehead atoms. The van der Waals surface area contributed by atoms with Crippen molar-refractivity contribution in [2.45, 2.75) is 77.7 Å². The van der Waals surface area contributed by atoms with Crippen molar-refractivity contribution < 1.29 is 0 Å². The third-order valence-corrected chi connectivity index (χ3v) is 5.54. The van der Waals surface area contributed by atoms with Crippen molar-refractivity contribution in [3.63, 3.8) is 0 Å². The molecule has 1 aromatic heterocycles. The van der Waals surface area contributed by atoms with Gasteiger partial charge in [-0.15, -0.1) is 11.3 Å². The Hall–Kier alpha value is -0.410. The van der Waals surface area contributed by atoms with Crippen molar-refractivity contribution in [1.29, 1.82) is 0 Å². The smallest absolute Gasteiger partial charge is 0.113 e. The van der Waals surface area contributed by atoms with Gasteiger partial charge in [0, 0.05) is 10.8 Å². The molecule has 1 fully saturated rings. The quantitative estimate of drug-likeness (QED) is 0.811. The molecule has 1 atom stereocenters. The van der Waals surface area contributed by atoms with E-state index in [1.54, 1.807) is 0 Å². The predicted molar refractivity (Wildman–Crippen MR) is 88.4 cm³/mol. The van der Waals surface area contributed by atoms with Crippen molar-refractivity contribution >= 4 is 11.3 Å². The van der Waals surface area contributed by atoms with Crippen molar-refractivity contribution in [2.75, 3.05) is 6.54 Å². The van der Waals surface area contributed by atoms with Gasteiger partial charge in [-0.25, -0.2) is 4.98 Å². The molecule has 1 heterocycles. The van der Waals surface area contributed by atoms with Gasteiger partial charge in [-0.1, -0.05) is 47.0 Å². The summed E-state index contributed by atoms with van der Waals surface area (Å²) in [7, 11) is 0. The minimum Gasteiger partial charge on any atom is -0.306 e. The fourth-order valence-electron chi connectivity index (χ4n) is 2.78. The van der Waals surface area contributed by atoms with Gasteiger partial charge in [0.2, 0.25) is 0 Å². The largest absolute Gasteiger partial charge is 0.306 e. The Morgan fingerprint density at radius 3 is 2.45 bits per heavy atom. The predicted octanol–water partition coefficient (Wildman–Crippen LogP) is 4.85. The maximum Gasteiger partial charge on any atom is 0.113 e. The molecule has 1 aliphatic rings. The lowest BCUT2D eigenvalue weighted by atomic mass is 9.76. The minimum atomic E-state index is 0.0647. The molecule has 20 heavy (non-hydrogen) atoms. The van der Waals surface area contributed by atoms with Crippen LogP contribution < -0.4 is 5.32 Å². The molecule has 0 aromatic carbocycles. The van der Waals surface area contributed by atoms with E-state index in [-0.39, 0.29) is 11.0 Å². The van der Waals surface area contributed by atoms with Crippen LogP contribution in [0.3, 0.4) is 0 Å². The molecule has 0 amide bonds. The summed E-state index contributed by atoms with van der Waals surface area (Å²) in [5.41, 5.74) is 1.45. The first kappa shape index (κ1) is 16.0. The number of aromatic nitrogens is 1. The van der Waals surface area contributed by atoms with Gasteiger partial charge in [0.25, 0.3) is 0 Å². The van der Waals surface area contributed by atoms with Crippen LogP contribution in [0.1, 0.15) is 77.4 Å². The molecule has 3 heteroatoms. The van der Waals surface area contributed by atoms with Gasteiger partial charge < -0.3 is 5.32 Å². The number of nitrogens with one attached hydrogen (secondary N) is 1. The summed E-state index contributed by atoms with van der Waals surface area (Å²) in [6, 6.07) is 0. The molecular weight excluding hydrogens is 264 g/mol. The fraction of sp³-hybridized carbons (Fsp3) is 0.824. The van der Waals surface area contributed by atoms with Gasteiger partial charge in [0.15, 0.2) is 0 Å². The van der Waals surface area contributed by atoms with Gasteiger partial charge in [-0.2, -0.15) is 0 Å². The van der Waals surface area contributed by atoms with Gasteiger partial charge in [-0.05, 0) is 32.2 Å². The molecular formula is C17H30N2S. The van der Waals surface area contributed by atoms with Crippen LogP contribution in [-0.2, 0) is 11.0 Å². The number of thiazole rings is 1. The summed E-state index contributed by atoms with van der Waals surface area (Å²) in [5, 5.41) is 7.31. The minimum absolute atomic E-state index is 0.0647. The van der Waals surface area contributed by atoms with E-state index in [1.807, 2.05) is 11.3 Å². The highest BCUT2D eigenvalue weighted by atomic mass is 32.1. The summed E-state index contributed by atoms with van der Waals surface area (Å²) < 4.78 is 0. The molecule has 0 aliphatic heterocycles. The van der Waals surface area contributed by atoms with Crippen LogP contribution in [-0.4, -0.2) is 11.5 Å². The molecule has 1 aliphatic carbocycles. The van der Waals surface area contributed by atoms with E-state index in [9.17, 15) is 0 Å². The molecule has 1 N–H and O–H groups in total. The van der Waals surface area contributed by atoms with Crippen molar-refractivity contribution in [3.05, 3.63) is 16.1 Å².